The summed E-state index contributed by atoms with van der Waals surface area (Å²) in [6.07, 6.45) is 3.06. The molecular weight excluding hydrogens is 238 g/mol. The number of anilines is 1. The van der Waals surface area contributed by atoms with Crippen LogP contribution in [0.1, 0.15) is 32.8 Å². The zero-order valence-electron chi connectivity index (χ0n) is 12.1. The number of nitrogens with one attached hydrogen (secondary N) is 1. The number of aromatic nitrogens is 1. The van der Waals surface area contributed by atoms with Crippen molar-refractivity contribution in [1.82, 2.24) is 10.3 Å². The van der Waals surface area contributed by atoms with Crippen LogP contribution in [0.3, 0.4) is 0 Å². The highest BCUT2D eigenvalue weighted by molar-refractivity contribution is 5.42. The number of pyridine rings is 1. The molecule has 1 aliphatic rings. The maximum Gasteiger partial charge on any atom is 0.128 e. The Hall–Kier alpha value is -1.13. The Bertz CT molecular complexity index is 391. The van der Waals surface area contributed by atoms with Crippen LogP contribution in [-0.4, -0.2) is 35.3 Å². The van der Waals surface area contributed by atoms with Crippen LogP contribution < -0.4 is 10.2 Å². The van der Waals surface area contributed by atoms with E-state index in [1.54, 1.807) is 0 Å². The number of aliphatic hydroxyl groups is 1. The van der Waals surface area contributed by atoms with Crippen LogP contribution in [0.15, 0.2) is 18.3 Å². The quantitative estimate of drug-likeness (QED) is 0.850. The molecule has 1 aromatic rings. The van der Waals surface area contributed by atoms with Gasteiger partial charge in [0.25, 0.3) is 0 Å². The first-order chi connectivity index (χ1) is 9.11. The normalized spacial score (nSPS) is 23.3. The summed E-state index contributed by atoms with van der Waals surface area (Å²) in [6, 6.07) is 4.89. The van der Waals surface area contributed by atoms with Gasteiger partial charge in [0.2, 0.25) is 0 Å². The van der Waals surface area contributed by atoms with E-state index in [-0.39, 0.29) is 12.6 Å². The Morgan fingerprint density at radius 3 is 2.84 bits per heavy atom. The zero-order chi connectivity index (χ0) is 13.8. The average Bonchev–Trinajstić information content (AvgIpc) is 2.78. The first kappa shape index (κ1) is 14.3. The first-order valence-electron chi connectivity index (χ1n) is 7.17. The molecule has 2 unspecified atom stereocenters. The van der Waals surface area contributed by atoms with Crippen LogP contribution in [0.2, 0.25) is 0 Å². The molecule has 1 aromatic heterocycles. The van der Waals surface area contributed by atoms with Gasteiger partial charge in [0.05, 0.1) is 12.6 Å². The fourth-order valence-electron chi connectivity index (χ4n) is 2.58. The number of aliphatic hydroxyl groups excluding tert-OH is 1. The molecule has 0 spiro atoms. The number of hydrogen-bond acceptors (Lipinski definition) is 4. The largest absolute Gasteiger partial charge is 0.394 e. The van der Waals surface area contributed by atoms with Crippen LogP contribution >= 0.6 is 0 Å². The van der Waals surface area contributed by atoms with E-state index in [9.17, 15) is 5.11 Å². The molecule has 2 rings (SSSR count). The number of rotatable bonds is 5. The van der Waals surface area contributed by atoms with E-state index in [1.165, 1.54) is 5.56 Å². The van der Waals surface area contributed by atoms with E-state index in [1.807, 2.05) is 6.20 Å². The predicted octanol–water partition coefficient (Wildman–Crippen LogP) is 1.79. The minimum absolute atomic E-state index is 0.208. The Morgan fingerprint density at radius 2 is 2.26 bits per heavy atom. The monoisotopic (exact) mass is 263 g/mol. The molecule has 2 heterocycles. The lowest BCUT2D eigenvalue weighted by Gasteiger charge is -2.26. The van der Waals surface area contributed by atoms with E-state index < -0.39 is 0 Å². The first-order valence-corrected chi connectivity index (χ1v) is 7.17. The molecule has 19 heavy (non-hydrogen) atoms. The van der Waals surface area contributed by atoms with Crippen LogP contribution in [0.25, 0.3) is 0 Å². The molecule has 106 valence electrons. The van der Waals surface area contributed by atoms with E-state index in [0.29, 0.717) is 12.0 Å². The molecule has 1 fully saturated rings. The van der Waals surface area contributed by atoms with Gasteiger partial charge in [0.1, 0.15) is 5.82 Å². The minimum Gasteiger partial charge on any atom is -0.394 e. The topological polar surface area (TPSA) is 48.4 Å². The Balaban J connectivity index is 2.02. The van der Waals surface area contributed by atoms with Crippen molar-refractivity contribution in [3.63, 3.8) is 0 Å². The lowest BCUT2D eigenvalue weighted by atomic mass is 10.0. The minimum atomic E-state index is 0.208. The van der Waals surface area contributed by atoms with Gasteiger partial charge in [0, 0.05) is 25.3 Å². The summed E-state index contributed by atoms with van der Waals surface area (Å²) in [5, 5.41) is 12.9. The molecular formula is C15H25N3O. The van der Waals surface area contributed by atoms with Crippen LogP contribution in [-0.2, 0) is 6.54 Å². The van der Waals surface area contributed by atoms with Crippen molar-refractivity contribution in [2.45, 2.75) is 45.8 Å². The van der Waals surface area contributed by atoms with Crippen LogP contribution in [0, 0.1) is 5.92 Å². The second-order valence-corrected chi connectivity index (χ2v) is 5.77. The molecule has 0 bridgehead atoms. The van der Waals surface area contributed by atoms with Gasteiger partial charge in [-0.2, -0.15) is 0 Å². The van der Waals surface area contributed by atoms with Crippen LogP contribution in [0.4, 0.5) is 5.82 Å². The van der Waals surface area contributed by atoms with Crippen molar-refractivity contribution >= 4 is 5.82 Å². The Kier molecular flexibility index (Phi) is 4.77. The highest BCUT2D eigenvalue weighted by Crippen LogP contribution is 2.27. The van der Waals surface area contributed by atoms with Crippen molar-refractivity contribution in [3.05, 3.63) is 23.9 Å². The molecule has 0 aromatic carbocycles. The molecule has 0 saturated carbocycles. The molecule has 0 radical (unpaired) electrons. The van der Waals surface area contributed by atoms with Crippen LogP contribution in [0.5, 0.6) is 0 Å². The van der Waals surface area contributed by atoms with E-state index in [2.05, 4.69) is 48.1 Å². The summed E-state index contributed by atoms with van der Waals surface area (Å²) in [6.45, 7) is 8.52. The van der Waals surface area contributed by atoms with Gasteiger partial charge in [0.15, 0.2) is 0 Å². The molecule has 0 aliphatic carbocycles. The molecule has 2 atom stereocenters. The third-order valence-electron chi connectivity index (χ3n) is 3.89. The maximum atomic E-state index is 9.49. The van der Waals surface area contributed by atoms with Crippen molar-refractivity contribution in [2.24, 2.45) is 5.92 Å². The van der Waals surface area contributed by atoms with Crippen molar-refractivity contribution in [3.8, 4) is 0 Å². The second kappa shape index (κ2) is 6.35. The fourth-order valence-corrected chi connectivity index (χ4v) is 2.58. The number of nitrogens with zero attached hydrogens (tertiary/aromatic N) is 2. The second-order valence-electron chi connectivity index (χ2n) is 5.77. The Labute approximate surface area is 115 Å². The summed E-state index contributed by atoms with van der Waals surface area (Å²) in [5.74, 6) is 1.52. The summed E-state index contributed by atoms with van der Waals surface area (Å²) < 4.78 is 0. The fraction of sp³-hybridized carbons (Fsp3) is 0.667. The van der Waals surface area contributed by atoms with Gasteiger partial charge in [-0.15, -0.1) is 0 Å². The predicted molar refractivity (Wildman–Crippen MR) is 78.2 cm³/mol. The summed E-state index contributed by atoms with van der Waals surface area (Å²) in [5.41, 5.74) is 1.20. The molecule has 1 saturated heterocycles. The van der Waals surface area contributed by atoms with Gasteiger partial charge in [-0.3, -0.25) is 0 Å². The maximum absolute atomic E-state index is 9.49. The molecule has 0 amide bonds. The highest BCUT2D eigenvalue weighted by Gasteiger charge is 2.31. The third kappa shape index (κ3) is 3.45. The molecule has 4 heteroatoms. The van der Waals surface area contributed by atoms with Gasteiger partial charge >= 0.3 is 0 Å². The zero-order valence-corrected chi connectivity index (χ0v) is 12.1. The molecule has 4 nitrogen and oxygen atoms in total. The van der Waals surface area contributed by atoms with E-state index in [0.717, 1.165) is 25.3 Å². The van der Waals surface area contributed by atoms with Gasteiger partial charge in [-0.05, 0) is 24.0 Å². The van der Waals surface area contributed by atoms with Gasteiger partial charge in [-0.1, -0.05) is 26.8 Å². The Morgan fingerprint density at radius 1 is 1.47 bits per heavy atom. The van der Waals surface area contributed by atoms with Gasteiger partial charge in [-0.25, -0.2) is 4.98 Å². The SMILES string of the molecule is CC(C)NCc1ccc(N2CCC(C)C2CO)nc1. The highest BCUT2D eigenvalue weighted by atomic mass is 16.3. The lowest BCUT2D eigenvalue weighted by Crippen LogP contribution is -2.35. The lowest BCUT2D eigenvalue weighted by molar-refractivity contribution is 0.244. The van der Waals surface area contributed by atoms with E-state index in [4.69, 9.17) is 0 Å². The summed E-state index contributed by atoms with van der Waals surface area (Å²) in [4.78, 5) is 6.77. The van der Waals surface area contributed by atoms with Gasteiger partial charge < -0.3 is 15.3 Å². The van der Waals surface area contributed by atoms with Crippen molar-refractivity contribution in [2.75, 3.05) is 18.1 Å². The summed E-state index contributed by atoms with van der Waals surface area (Å²) >= 11 is 0. The standard InChI is InChI=1S/C15H25N3O/c1-11(2)16-8-13-4-5-15(17-9-13)18-7-6-12(3)14(18)10-19/h4-5,9,11-12,14,16,19H,6-8,10H2,1-3H3. The summed E-state index contributed by atoms with van der Waals surface area (Å²) in [7, 11) is 0. The van der Waals surface area contributed by atoms with Crippen molar-refractivity contribution < 1.29 is 5.11 Å². The third-order valence-corrected chi connectivity index (χ3v) is 3.89. The van der Waals surface area contributed by atoms with E-state index >= 15 is 0 Å². The number of hydrogen-bond donors (Lipinski definition) is 2. The molecule has 2 N–H and O–H groups in total. The average molecular weight is 263 g/mol. The van der Waals surface area contributed by atoms with Crippen molar-refractivity contribution in [1.29, 1.82) is 0 Å². The smallest absolute Gasteiger partial charge is 0.128 e. The molecule has 1 aliphatic heterocycles.